The summed E-state index contributed by atoms with van der Waals surface area (Å²) >= 11 is 12.6. The zero-order valence-corrected chi connectivity index (χ0v) is 23.7. The highest BCUT2D eigenvalue weighted by molar-refractivity contribution is 6.42. The molecule has 8 heteroatoms. The Bertz CT molecular complexity index is 1430. The van der Waals surface area contributed by atoms with Crippen LogP contribution in [-0.4, -0.2) is 37.5 Å². The normalized spacial score (nSPS) is 16.9. The number of nitrogens with zero attached hydrogens (tertiary/aromatic N) is 1. The highest BCUT2D eigenvalue weighted by Gasteiger charge is 2.42. The summed E-state index contributed by atoms with van der Waals surface area (Å²) in [5.41, 5.74) is 4.15. The topological polar surface area (TPSA) is 32.3 Å². The Hall–Kier alpha value is -2.80. The molecule has 1 aliphatic heterocycles. The predicted molar refractivity (Wildman–Crippen MR) is 155 cm³/mol. The lowest BCUT2D eigenvalue weighted by Gasteiger charge is -2.38. The van der Waals surface area contributed by atoms with E-state index >= 15 is 0 Å². The van der Waals surface area contributed by atoms with Crippen LogP contribution in [0.5, 0.6) is 0 Å². The third kappa shape index (κ3) is 5.81. The van der Waals surface area contributed by atoms with Crippen LogP contribution < -0.4 is 5.32 Å². The smallest absolute Gasteiger partial charge is 0.341 e. The Morgan fingerprint density at radius 2 is 1.75 bits per heavy atom. The lowest BCUT2D eigenvalue weighted by molar-refractivity contribution is -0.137. The van der Waals surface area contributed by atoms with Gasteiger partial charge >= 0.3 is 6.18 Å². The molecule has 3 aromatic rings. The van der Waals surface area contributed by atoms with Crippen molar-refractivity contribution in [3.63, 3.8) is 0 Å². The fourth-order valence-electron chi connectivity index (χ4n) is 6.23. The number of halogens is 5. The zero-order chi connectivity index (χ0) is 28.5. The molecule has 0 saturated carbocycles. The number of allylic oxidation sites excluding steroid dienone is 1. The van der Waals surface area contributed by atoms with E-state index in [9.17, 15) is 18.0 Å². The number of hydrogen-bond donors (Lipinski definition) is 1. The highest BCUT2D eigenvalue weighted by Crippen LogP contribution is 2.50. The van der Waals surface area contributed by atoms with Crippen molar-refractivity contribution in [3.05, 3.63) is 110 Å². The van der Waals surface area contributed by atoms with Crippen LogP contribution in [0.3, 0.4) is 0 Å². The van der Waals surface area contributed by atoms with E-state index in [0.717, 1.165) is 56.5 Å². The van der Waals surface area contributed by atoms with Gasteiger partial charge in [-0.2, -0.15) is 13.2 Å². The summed E-state index contributed by atoms with van der Waals surface area (Å²) in [6.45, 7) is 2.23. The molecule has 1 saturated heterocycles. The van der Waals surface area contributed by atoms with Crippen molar-refractivity contribution in [2.24, 2.45) is 0 Å². The maximum atomic E-state index is 13.3. The number of carbonyl (C=O) groups excluding carboxylic acids is 1. The molecule has 2 aliphatic rings. The molecule has 1 atom stereocenters. The van der Waals surface area contributed by atoms with Crippen LogP contribution in [0.1, 0.15) is 64.2 Å². The van der Waals surface area contributed by atoms with Gasteiger partial charge in [-0.15, -0.1) is 0 Å². The molecule has 5 rings (SSSR count). The summed E-state index contributed by atoms with van der Waals surface area (Å²) in [6, 6.07) is 18.6. The molecule has 1 fully saturated rings. The van der Waals surface area contributed by atoms with Crippen molar-refractivity contribution < 1.29 is 18.0 Å². The molecule has 1 spiro atoms. The fraction of sp³-hybridized carbons (Fsp3) is 0.344. The molecule has 1 aliphatic carbocycles. The molecule has 0 unspecified atom stereocenters. The number of carbonyl (C=O) groups is 1. The second-order valence-corrected chi connectivity index (χ2v) is 11.6. The Kier molecular flexibility index (Phi) is 8.32. The second kappa shape index (κ2) is 11.6. The van der Waals surface area contributed by atoms with E-state index in [4.69, 9.17) is 23.2 Å². The molecular formula is C32H31Cl2F3N2O. The van der Waals surface area contributed by atoms with Crippen LogP contribution in [-0.2, 0) is 11.6 Å². The Labute approximate surface area is 243 Å². The molecule has 1 heterocycles. The van der Waals surface area contributed by atoms with Gasteiger partial charge in [0.25, 0.3) is 5.91 Å². The van der Waals surface area contributed by atoms with Crippen LogP contribution in [0.4, 0.5) is 13.2 Å². The van der Waals surface area contributed by atoms with Gasteiger partial charge in [-0.1, -0.05) is 71.2 Å². The predicted octanol–water partition coefficient (Wildman–Crippen LogP) is 8.37. The van der Waals surface area contributed by atoms with Crippen LogP contribution in [0.25, 0.3) is 6.08 Å². The summed E-state index contributed by atoms with van der Waals surface area (Å²) in [5, 5.41) is 4.36. The molecule has 1 amide bonds. The number of amides is 1. The van der Waals surface area contributed by atoms with E-state index in [1.165, 1.54) is 33.7 Å². The first-order valence-electron chi connectivity index (χ1n) is 13.5. The number of benzene rings is 3. The van der Waals surface area contributed by atoms with Crippen LogP contribution in [0.15, 0.2) is 72.3 Å². The van der Waals surface area contributed by atoms with Crippen molar-refractivity contribution in [2.45, 2.75) is 43.2 Å². The maximum Gasteiger partial charge on any atom is 0.416 e. The van der Waals surface area contributed by atoms with Crippen molar-refractivity contribution >= 4 is 35.2 Å². The quantitative estimate of drug-likeness (QED) is 0.301. The van der Waals surface area contributed by atoms with E-state index in [0.29, 0.717) is 16.6 Å². The van der Waals surface area contributed by atoms with Gasteiger partial charge in [-0.05, 0) is 85.8 Å². The standard InChI is InChI=1S/C32H31Cl2F3N2O/c1-39(30(40)23-6-4-7-26(18-23)32(35,36)37)20-24(21-10-12-28(33)29(34)19-21)9-11-25-17-22-5-2-3-8-27(22)31(25)13-15-38-16-14-31/h2-8,10,12,17-19,24,38H,9,11,13-16,20H2,1H3/t24-/m1/s1. The minimum atomic E-state index is -4.52. The zero-order valence-electron chi connectivity index (χ0n) is 22.2. The number of hydrogen-bond acceptors (Lipinski definition) is 2. The third-order valence-corrected chi connectivity index (χ3v) is 9.07. The van der Waals surface area contributed by atoms with Crippen LogP contribution in [0.2, 0.25) is 10.0 Å². The Balaban J connectivity index is 1.40. The van der Waals surface area contributed by atoms with Gasteiger partial charge in [0.05, 0.1) is 15.6 Å². The maximum absolute atomic E-state index is 13.3. The summed E-state index contributed by atoms with van der Waals surface area (Å²) in [5.74, 6) is -0.559. The molecular weight excluding hydrogens is 556 g/mol. The summed E-state index contributed by atoms with van der Waals surface area (Å²) in [7, 11) is 1.63. The van der Waals surface area contributed by atoms with Crippen molar-refractivity contribution in [1.82, 2.24) is 10.2 Å². The van der Waals surface area contributed by atoms with Crippen LogP contribution in [0, 0.1) is 0 Å². The minimum absolute atomic E-state index is 0.00376. The van der Waals surface area contributed by atoms with Gasteiger partial charge in [0.2, 0.25) is 0 Å². The molecule has 210 valence electrons. The van der Waals surface area contributed by atoms with E-state index in [2.05, 4.69) is 35.7 Å². The lowest BCUT2D eigenvalue weighted by Crippen LogP contribution is -2.40. The summed E-state index contributed by atoms with van der Waals surface area (Å²) in [6.07, 6.45) is 1.43. The highest BCUT2D eigenvalue weighted by atomic mass is 35.5. The van der Waals surface area contributed by atoms with E-state index in [1.807, 2.05) is 12.1 Å². The average Bonchev–Trinajstić information content (AvgIpc) is 3.24. The second-order valence-electron chi connectivity index (χ2n) is 10.8. The number of alkyl halides is 3. The van der Waals surface area contributed by atoms with E-state index < -0.39 is 17.6 Å². The molecule has 3 nitrogen and oxygen atoms in total. The van der Waals surface area contributed by atoms with Gasteiger partial charge in [0.15, 0.2) is 0 Å². The number of piperidine rings is 1. The SMILES string of the molecule is CN(C[C@@H](CCC1=Cc2ccccc2C12CCNCC2)c1ccc(Cl)c(Cl)c1)C(=O)c1cccc(C(F)(F)F)c1. The number of nitrogens with one attached hydrogen (secondary N) is 1. The minimum Gasteiger partial charge on any atom is -0.341 e. The Morgan fingerprint density at radius 1 is 1.00 bits per heavy atom. The van der Waals surface area contributed by atoms with E-state index in [1.54, 1.807) is 13.1 Å². The monoisotopic (exact) mass is 586 g/mol. The lowest BCUT2D eigenvalue weighted by atomic mass is 9.69. The molecule has 3 aromatic carbocycles. The third-order valence-electron chi connectivity index (χ3n) is 8.33. The van der Waals surface area contributed by atoms with Gasteiger partial charge in [0.1, 0.15) is 0 Å². The van der Waals surface area contributed by atoms with Crippen molar-refractivity contribution in [2.75, 3.05) is 26.7 Å². The number of fused-ring (bicyclic) bond motifs is 2. The molecule has 0 bridgehead atoms. The molecule has 40 heavy (non-hydrogen) atoms. The first-order chi connectivity index (χ1) is 19.1. The van der Waals surface area contributed by atoms with Gasteiger partial charge in [0, 0.05) is 30.5 Å². The van der Waals surface area contributed by atoms with Gasteiger partial charge in [-0.25, -0.2) is 0 Å². The van der Waals surface area contributed by atoms with Crippen molar-refractivity contribution in [1.29, 1.82) is 0 Å². The Morgan fingerprint density at radius 3 is 2.48 bits per heavy atom. The van der Waals surface area contributed by atoms with Gasteiger partial charge in [-0.3, -0.25) is 4.79 Å². The van der Waals surface area contributed by atoms with E-state index in [-0.39, 0.29) is 16.9 Å². The number of rotatable bonds is 7. The number of likely N-dealkylation sites (N-methyl/N-ethyl adjacent to an activating group) is 1. The average molecular weight is 588 g/mol. The molecule has 0 aromatic heterocycles. The fourth-order valence-corrected chi connectivity index (χ4v) is 6.54. The largest absolute Gasteiger partial charge is 0.416 e. The molecule has 1 N–H and O–H groups in total. The van der Waals surface area contributed by atoms with Crippen LogP contribution >= 0.6 is 23.2 Å². The summed E-state index contributed by atoms with van der Waals surface area (Å²) < 4.78 is 39.8. The van der Waals surface area contributed by atoms with Gasteiger partial charge < -0.3 is 10.2 Å². The first-order valence-corrected chi connectivity index (χ1v) is 14.2. The molecule has 0 radical (unpaired) electrons. The summed E-state index contributed by atoms with van der Waals surface area (Å²) in [4.78, 5) is 14.8. The first kappa shape index (κ1) is 28.7. The van der Waals surface area contributed by atoms with Crippen molar-refractivity contribution in [3.8, 4) is 0 Å².